The second-order valence-electron chi connectivity index (χ2n) is 5.98. The number of hydrogen-bond donors (Lipinski definition) is 2. The zero-order valence-corrected chi connectivity index (χ0v) is 13.8. The van der Waals surface area contributed by atoms with Crippen molar-refractivity contribution in [3.8, 4) is 5.75 Å². The summed E-state index contributed by atoms with van der Waals surface area (Å²) in [6.07, 6.45) is 0.543. The van der Waals surface area contributed by atoms with Crippen LogP contribution in [0.2, 0.25) is 0 Å². The van der Waals surface area contributed by atoms with Crippen LogP contribution < -0.4 is 15.4 Å². The number of amides is 2. The van der Waals surface area contributed by atoms with Gasteiger partial charge in [0.1, 0.15) is 5.75 Å². The monoisotopic (exact) mass is 324 g/mol. The molecule has 0 bridgehead atoms. The highest BCUT2D eigenvalue weighted by Crippen LogP contribution is 2.25. The Kier molecular flexibility index (Phi) is 4.51. The van der Waals surface area contributed by atoms with Gasteiger partial charge in [-0.05, 0) is 56.2 Å². The third kappa shape index (κ3) is 3.74. The molecule has 0 aromatic heterocycles. The Hall–Kier alpha value is -2.82. The number of aryl methyl sites for hydroxylation is 2. The first-order valence-corrected chi connectivity index (χ1v) is 7.98. The molecule has 2 aromatic rings. The van der Waals surface area contributed by atoms with E-state index in [0.29, 0.717) is 24.3 Å². The molecule has 5 heteroatoms. The van der Waals surface area contributed by atoms with Crippen molar-refractivity contribution in [1.82, 2.24) is 0 Å². The average molecular weight is 324 g/mol. The van der Waals surface area contributed by atoms with E-state index in [0.717, 1.165) is 16.8 Å². The number of carbonyl (C=O) groups is 2. The molecule has 0 radical (unpaired) electrons. The summed E-state index contributed by atoms with van der Waals surface area (Å²) < 4.78 is 5.66. The summed E-state index contributed by atoms with van der Waals surface area (Å²) in [5, 5.41) is 5.68. The molecule has 0 aliphatic carbocycles. The molecular formula is C19H20N2O3. The van der Waals surface area contributed by atoms with Crippen molar-refractivity contribution in [3.63, 3.8) is 0 Å². The van der Waals surface area contributed by atoms with E-state index in [2.05, 4.69) is 10.6 Å². The molecule has 1 atom stereocenters. The van der Waals surface area contributed by atoms with Crippen LogP contribution in [0.1, 0.15) is 24.5 Å². The first-order valence-electron chi connectivity index (χ1n) is 7.98. The SMILES string of the molecule is Cc1ccc(OC(C)C(=O)Nc2ccc3c(c2)CCC(=O)N3)cc1. The molecule has 0 saturated heterocycles. The van der Waals surface area contributed by atoms with Crippen LogP contribution in [0.4, 0.5) is 11.4 Å². The highest BCUT2D eigenvalue weighted by molar-refractivity contribution is 5.96. The Bertz CT molecular complexity index is 769. The van der Waals surface area contributed by atoms with Gasteiger partial charge in [0.05, 0.1) is 0 Å². The number of carbonyl (C=O) groups excluding carboxylic acids is 2. The number of benzene rings is 2. The van der Waals surface area contributed by atoms with Crippen molar-refractivity contribution in [2.75, 3.05) is 10.6 Å². The second kappa shape index (κ2) is 6.74. The fourth-order valence-electron chi connectivity index (χ4n) is 2.58. The molecule has 0 spiro atoms. The lowest BCUT2D eigenvalue weighted by atomic mass is 10.0. The summed E-state index contributed by atoms with van der Waals surface area (Å²) in [4.78, 5) is 23.7. The van der Waals surface area contributed by atoms with Gasteiger partial charge in [0.25, 0.3) is 5.91 Å². The van der Waals surface area contributed by atoms with Crippen LogP contribution in [-0.2, 0) is 16.0 Å². The molecule has 5 nitrogen and oxygen atoms in total. The van der Waals surface area contributed by atoms with E-state index in [9.17, 15) is 9.59 Å². The van der Waals surface area contributed by atoms with Gasteiger partial charge < -0.3 is 15.4 Å². The predicted octanol–water partition coefficient (Wildman–Crippen LogP) is 3.29. The summed E-state index contributed by atoms with van der Waals surface area (Å²) in [7, 11) is 0. The first-order chi connectivity index (χ1) is 11.5. The standard InChI is InChI=1S/C19H20N2O3/c1-12-3-7-16(8-4-12)24-13(2)19(23)20-15-6-9-17-14(11-15)5-10-18(22)21-17/h3-4,6-9,11,13H,5,10H2,1-2H3,(H,20,23)(H,21,22). The summed E-state index contributed by atoms with van der Waals surface area (Å²) in [5.74, 6) is 0.478. The maximum Gasteiger partial charge on any atom is 0.265 e. The topological polar surface area (TPSA) is 67.4 Å². The minimum Gasteiger partial charge on any atom is -0.481 e. The lowest BCUT2D eigenvalue weighted by Gasteiger charge is -2.19. The van der Waals surface area contributed by atoms with E-state index >= 15 is 0 Å². The van der Waals surface area contributed by atoms with Gasteiger partial charge in [-0.15, -0.1) is 0 Å². The smallest absolute Gasteiger partial charge is 0.265 e. The van der Waals surface area contributed by atoms with E-state index in [4.69, 9.17) is 4.74 Å². The van der Waals surface area contributed by atoms with Crippen molar-refractivity contribution in [1.29, 1.82) is 0 Å². The normalized spacial score (nSPS) is 14.3. The number of nitrogens with one attached hydrogen (secondary N) is 2. The van der Waals surface area contributed by atoms with Crippen LogP contribution in [0.15, 0.2) is 42.5 Å². The van der Waals surface area contributed by atoms with Gasteiger partial charge in [-0.3, -0.25) is 9.59 Å². The molecule has 2 amide bonds. The molecule has 2 N–H and O–H groups in total. The highest BCUT2D eigenvalue weighted by atomic mass is 16.5. The lowest BCUT2D eigenvalue weighted by Crippen LogP contribution is -2.30. The maximum absolute atomic E-state index is 12.3. The molecule has 2 aromatic carbocycles. The van der Waals surface area contributed by atoms with Crippen LogP contribution >= 0.6 is 0 Å². The number of fused-ring (bicyclic) bond motifs is 1. The molecule has 0 fully saturated rings. The average Bonchev–Trinajstić information content (AvgIpc) is 2.57. The Balaban J connectivity index is 1.63. The van der Waals surface area contributed by atoms with Crippen LogP contribution in [0.25, 0.3) is 0 Å². The summed E-state index contributed by atoms with van der Waals surface area (Å²) in [6, 6.07) is 13.1. The molecular weight excluding hydrogens is 304 g/mol. The fraction of sp³-hybridized carbons (Fsp3) is 0.263. The Morgan fingerprint density at radius 2 is 1.92 bits per heavy atom. The second-order valence-corrected chi connectivity index (χ2v) is 5.98. The van der Waals surface area contributed by atoms with Gasteiger partial charge >= 0.3 is 0 Å². The van der Waals surface area contributed by atoms with Crippen LogP contribution in [0.5, 0.6) is 5.75 Å². The molecule has 1 aliphatic rings. The summed E-state index contributed by atoms with van der Waals surface area (Å²) >= 11 is 0. The van der Waals surface area contributed by atoms with Crippen LogP contribution in [0.3, 0.4) is 0 Å². The predicted molar refractivity (Wildman–Crippen MR) is 93.3 cm³/mol. The van der Waals surface area contributed by atoms with Gasteiger partial charge in [0.15, 0.2) is 6.10 Å². The molecule has 1 aliphatic heterocycles. The Morgan fingerprint density at radius 1 is 1.17 bits per heavy atom. The van der Waals surface area contributed by atoms with Crippen molar-refractivity contribution in [2.45, 2.75) is 32.8 Å². The third-order valence-electron chi connectivity index (χ3n) is 3.97. The fourth-order valence-corrected chi connectivity index (χ4v) is 2.58. The van der Waals surface area contributed by atoms with Crippen LogP contribution in [-0.4, -0.2) is 17.9 Å². The summed E-state index contributed by atoms with van der Waals surface area (Å²) in [6.45, 7) is 3.71. The quantitative estimate of drug-likeness (QED) is 0.907. The highest BCUT2D eigenvalue weighted by Gasteiger charge is 2.18. The largest absolute Gasteiger partial charge is 0.481 e. The van der Waals surface area contributed by atoms with Crippen molar-refractivity contribution in [3.05, 3.63) is 53.6 Å². The first kappa shape index (κ1) is 16.1. The minimum absolute atomic E-state index is 0.0272. The van der Waals surface area contributed by atoms with Crippen molar-refractivity contribution >= 4 is 23.2 Å². The van der Waals surface area contributed by atoms with E-state index in [1.165, 1.54) is 0 Å². The summed E-state index contributed by atoms with van der Waals surface area (Å²) in [5.41, 5.74) is 3.68. The molecule has 124 valence electrons. The Labute approximate surface area is 141 Å². The number of anilines is 2. The zero-order valence-electron chi connectivity index (χ0n) is 13.8. The zero-order chi connectivity index (χ0) is 17.1. The maximum atomic E-state index is 12.3. The Morgan fingerprint density at radius 3 is 2.67 bits per heavy atom. The molecule has 3 rings (SSSR count). The minimum atomic E-state index is -0.608. The molecule has 1 heterocycles. The van der Waals surface area contributed by atoms with Gasteiger partial charge in [-0.2, -0.15) is 0 Å². The molecule has 1 unspecified atom stereocenters. The van der Waals surface area contributed by atoms with E-state index in [1.807, 2.05) is 43.3 Å². The van der Waals surface area contributed by atoms with Crippen molar-refractivity contribution in [2.24, 2.45) is 0 Å². The van der Waals surface area contributed by atoms with Crippen molar-refractivity contribution < 1.29 is 14.3 Å². The van der Waals surface area contributed by atoms with E-state index < -0.39 is 6.10 Å². The third-order valence-corrected chi connectivity index (χ3v) is 3.97. The van der Waals surface area contributed by atoms with Crippen LogP contribution in [0, 0.1) is 6.92 Å². The van der Waals surface area contributed by atoms with E-state index in [-0.39, 0.29) is 11.8 Å². The van der Waals surface area contributed by atoms with E-state index in [1.54, 1.807) is 13.0 Å². The lowest BCUT2D eigenvalue weighted by molar-refractivity contribution is -0.122. The molecule has 0 saturated carbocycles. The van der Waals surface area contributed by atoms with Gasteiger partial charge in [-0.25, -0.2) is 0 Å². The van der Waals surface area contributed by atoms with Gasteiger partial charge in [0, 0.05) is 17.8 Å². The molecule has 24 heavy (non-hydrogen) atoms. The number of ether oxygens (including phenoxy) is 1. The number of hydrogen-bond acceptors (Lipinski definition) is 3. The van der Waals surface area contributed by atoms with Gasteiger partial charge in [-0.1, -0.05) is 17.7 Å². The van der Waals surface area contributed by atoms with Gasteiger partial charge in [0.2, 0.25) is 5.91 Å². The number of rotatable bonds is 4.